The molecule has 14 heavy (non-hydrogen) atoms. The summed E-state index contributed by atoms with van der Waals surface area (Å²) < 4.78 is 0. The minimum absolute atomic E-state index is 0.212. The number of hydrazine groups is 1. The Bertz CT molecular complexity index is 262. The maximum atomic E-state index is 5.42. The van der Waals surface area contributed by atoms with Crippen LogP contribution >= 0.6 is 11.8 Å². The van der Waals surface area contributed by atoms with Crippen LogP contribution < -0.4 is 11.3 Å². The third kappa shape index (κ3) is 3.60. The van der Waals surface area contributed by atoms with Crippen molar-refractivity contribution in [2.24, 2.45) is 12.9 Å². The Hall–Kier alpha value is -0.660. The lowest BCUT2D eigenvalue weighted by Gasteiger charge is -2.12. The molecule has 0 aromatic carbocycles. The average molecular weight is 216 g/mol. The predicted octanol–water partition coefficient (Wildman–Crippen LogP) is -0.662. The molecule has 0 aliphatic heterocycles. The molecule has 1 rings (SSSR count). The van der Waals surface area contributed by atoms with Gasteiger partial charge in [-0.3, -0.25) is 11.3 Å². The number of hydrogen-bond donors (Lipinski definition) is 2. The van der Waals surface area contributed by atoms with Crippen LogP contribution in [0.3, 0.4) is 0 Å². The fourth-order valence-electron chi connectivity index (χ4n) is 1.05. The third-order valence-corrected chi connectivity index (χ3v) is 2.78. The number of aromatic nitrogens is 4. The van der Waals surface area contributed by atoms with Crippen molar-refractivity contribution in [3.8, 4) is 0 Å². The van der Waals surface area contributed by atoms with Gasteiger partial charge in [0.25, 0.3) is 0 Å². The molecule has 1 heterocycles. The van der Waals surface area contributed by atoms with Gasteiger partial charge < -0.3 is 0 Å². The first-order valence-corrected chi connectivity index (χ1v) is 5.68. The van der Waals surface area contributed by atoms with Crippen molar-refractivity contribution < 1.29 is 0 Å². The number of nitrogens with two attached hydrogens (primary N) is 1. The standard InChI is InChI=1S/C7H16N6S/c1-3-14-5-6(9-8)4-7-10-12-13(2)11-7/h6,9H,3-5,8H2,1-2H3. The maximum absolute atomic E-state index is 5.42. The second kappa shape index (κ2) is 5.94. The molecule has 0 aliphatic rings. The van der Waals surface area contributed by atoms with Gasteiger partial charge in [0.2, 0.25) is 0 Å². The average Bonchev–Trinajstić information content (AvgIpc) is 2.58. The van der Waals surface area contributed by atoms with Gasteiger partial charge in [-0.05, 0) is 11.0 Å². The Balaban J connectivity index is 2.40. The smallest absolute Gasteiger partial charge is 0.176 e. The third-order valence-electron chi connectivity index (χ3n) is 1.74. The first kappa shape index (κ1) is 11.4. The minimum Gasteiger partial charge on any atom is -0.271 e. The lowest BCUT2D eigenvalue weighted by atomic mass is 10.2. The van der Waals surface area contributed by atoms with E-state index in [1.165, 1.54) is 4.80 Å². The summed E-state index contributed by atoms with van der Waals surface area (Å²) in [5.74, 6) is 8.20. The Morgan fingerprint density at radius 3 is 2.93 bits per heavy atom. The Morgan fingerprint density at radius 1 is 1.64 bits per heavy atom. The molecular weight excluding hydrogens is 200 g/mol. The van der Waals surface area contributed by atoms with E-state index in [-0.39, 0.29) is 6.04 Å². The van der Waals surface area contributed by atoms with E-state index >= 15 is 0 Å². The van der Waals surface area contributed by atoms with Gasteiger partial charge in [-0.25, -0.2) is 0 Å². The molecule has 6 nitrogen and oxygen atoms in total. The predicted molar refractivity (Wildman–Crippen MR) is 56.6 cm³/mol. The Labute approximate surface area is 87.6 Å². The molecule has 0 amide bonds. The summed E-state index contributed by atoms with van der Waals surface area (Å²) in [5.41, 5.74) is 2.76. The Kier molecular flexibility index (Phi) is 4.85. The van der Waals surface area contributed by atoms with Gasteiger partial charge in [-0.1, -0.05) is 6.92 Å². The molecule has 80 valence electrons. The van der Waals surface area contributed by atoms with Gasteiger partial charge in [-0.15, -0.1) is 10.2 Å². The highest BCUT2D eigenvalue weighted by molar-refractivity contribution is 7.99. The lowest BCUT2D eigenvalue weighted by molar-refractivity contribution is 0.558. The second-order valence-electron chi connectivity index (χ2n) is 2.92. The summed E-state index contributed by atoms with van der Waals surface area (Å²) in [6.07, 6.45) is 0.720. The van der Waals surface area contributed by atoms with Crippen molar-refractivity contribution in [1.29, 1.82) is 0 Å². The van der Waals surface area contributed by atoms with Gasteiger partial charge >= 0.3 is 0 Å². The number of nitrogens with one attached hydrogen (secondary N) is 1. The molecule has 1 aromatic heterocycles. The second-order valence-corrected chi connectivity index (χ2v) is 4.24. The Morgan fingerprint density at radius 2 is 2.43 bits per heavy atom. The van der Waals surface area contributed by atoms with Crippen LogP contribution in [0, 0.1) is 0 Å². The highest BCUT2D eigenvalue weighted by atomic mass is 32.2. The van der Waals surface area contributed by atoms with E-state index in [4.69, 9.17) is 5.84 Å². The summed E-state index contributed by atoms with van der Waals surface area (Å²) in [7, 11) is 1.75. The van der Waals surface area contributed by atoms with Crippen molar-refractivity contribution in [1.82, 2.24) is 25.6 Å². The van der Waals surface area contributed by atoms with E-state index in [0.29, 0.717) is 0 Å². The summed E-state index contributed by atoms with van der Waals surface area (Å²) in [6.45, 7) is 2.12. The molecule has 0 radical (unpaired) electrons. The van der Waals surface area contributed by atoms with Crippen LogP contribution in [0.4, 0.5) is 0 Å². The maximum Gasteiger partial charge on any atom is 0.176 e. The van der Waals surface area contributed by atoms with Crippen LogP contribution in [0.5, 0.6) is 0 Å². The molecule has 1 atom stereocenters. The molecule has 0 aliphatic carbocycles. The number of nitrogens with zero attached hydrogens (tertiary/aromatic N) is 4. The molecule has 0 saturated heterocycles. The first-order chi connectivity index (χ1) is 6.76. The molecule has 1 unspecified atom stereocenters. The zero-order valence-electron chi connectivity index (χ0n) is 8.47. The van der Waals surface area contributed by atoms with Gasteiger partial charge in [-0.2, -0.15) is 16.6 Å². The van der Waals surface area contributed by atoms with E-state index in [9.17, 15) is 0 Å². The van der Waals surface area contributed by atoms with E-state index in [1.807, 2.05) is 11.8 Å². The molecule has 0 bridgehead atoms. The molecule has 0 spiro atoms. The summed E-state index contributed by atoms with van der Waals surface area (Å²) >= 11 is 1.84. The van der Waals surface area contributed by atoms with Crippen molar-refractivity contribution in [2.75, 3.05) is 11.5 Å². The fourth-order valence-corrected chi connectivity index (χ4v) is 1.79. The number of aryl methyl sites for hydroxylation is 1. The van der Waals surface area contributed by atoms with Crippen LogP contribution in [0.2, 0.25) is 0 Å². The van der Waals surface area contributed by atoms with E-state index in [0.717, 1.165) is 23.8 Å². The van der Waals surface area contributed by atoms with Crippen molar-refractivity contribution in [2.45, 2.75) is 19.4 Å². The zero-order chi connectivity index (χ0) is 10.4. The van der Waals surface area contributed by atoms with Crippen LogP contribution in [0.15, 0.2) is 0 Å². The summed E-state index contributed by atoms with van der Waals surface area (Å²) in [5, 5.41) is 11.8. The van der Waals surface area contributed by atoms with Crippen LogP contribution in [-0.4, -0.2) is 37.8 Å². The fraction of sp³-hybridized carbons (Fsp3) is 0.857. The van der Waals surface area contributed by atoms with Crippen molar-refractivity contribution in [3.63, 3.8) is 0 Å². The molecule has 7 heteroatoms. The number of thioether (sulfide) groups is 1. The lowest BCUT2D eigenvalue weighted by Crippen LogP contribution is -2.39. The van der Waals surface area contributed by atoms with Gasteiger partial charge in [0.1, 0.15) is 0 Å². The topological polar surface area (TPSA) is 81.7 Å². The summed E-state index contributed by atoms with van der Waals surface area (Å²) in [4.78, 5) is 1.45. The monoisotopic (exact) mass is 216 g/mol. The zero-order valence-corrected chi connectivity index (χ0v) is 9.29. The molecule has 0 fully saturated rings. The molecule has 1 aromatic rings. The molecule has 3 N–H and O–H groups in total. The first-order valence-electron chi connectivity index (χ1n) is 4.53. The van der Waals surface area contributed by atoms with Crippen LogP contribution in [0.25, 0.3) is 0 Å². The van der Waals surface area contributed by atoms with Gasteiger partial charge in [0.15, 0.2) is 5.82 Å². The van der Waals surface area contributed by atoms with E-state index in [1.54, 1.807) is 7.05 Å². The van der Waals surface area contributed by atoms with E-state index < -0.39 is 0 Å². The minimum atomic E-state index is 0.212. The number of hydrogen-bond acceptors (Lipinski definition) is 6. The highest BCUT2D eigenvalue weighted by Crippen LogP contribution is 2.04. The van der Waals surface area contributed by atoms with Gasteiger partial charge in [0, 0.05) is 18.2 Å². The van der Waals surface area contributed by atoms with E-state index in [2.05, 4.69) is 27.8 Å². The summed E-state index contributed by atoms with van der Waals surface area (Å²) in [6, 6.07) is 0.212. The quantitative estimate of drug-likeness (QED) is 0.485. The molecule has 0 saturated carbocycles. The number of rotatable bonds is 6. The normalized spacial score (nSPS) is 13.1. The van der Waals surface area contributed by atoms with Gasteiger partial charge in [0.05, 0.1) is 7.05 Å². The molecular formula is C7H16N6S. The van der Waals surface area contributed by atoms with Crippen molar-refractivity contribution in [3.05, 3.63) is 5.82 Å². The van der Waals surface area contributed by atoms with Crippen molar-refractivity contribution >= 4 is 11.8 Å². The SMILES string of the molecule is CCSCC(Cc1nnn(C)n1)NN. The van der Waals surface area contributed by atoms with Crippen LogP contribution in [-0.2, 0) is 13.5 Å². The van der Waals surface area contributed by atoms with Crippen LogP contribution in [0.1, 0.15) is 12.7 Å². The number of tetrazole rings is 1. The highest BCUT2D eigenvalue weighted by Gasteiger charge is 2.10. The largest absolute Gasteiger partial charge is 0.271 e.